The van der Waals surface area contributed by atoms with Gasteiger partial charge in [0.25, 0.3) is 5.91 Å². The number of aliphatic hydroxyl groups is 1. The Balaban J connectivity index is 2.67. The number of ether oxygens (including phenoxy) is 1. The van der Waals surface area contributed by atoms with Gasteiger partial charge in [-0.15, -0.1) is 0 Å². The van der Waals surface area contributed by atoms with E-state index in [-0.39, 0.29) is 17.9 Å². The van der Waals surface area contributed by atoms with Crippen molar-refractivity contribution in [2.45, 2.75) is 26.7 Å². The molecule has 0 saturated heterocycles. The first-order chi connectivity index (χ1) is 9.39. The molecule has 0 unspecified atom stereocenters. The summed E-state index contributed by atoms with van der Waals surface area (Å²) in [5.74, 6) is 0.519. The van der Waals surface area contributed by atoms with Crippen molar-refractivity contribution >= 4 is 21.8 Å². The van der Waals surface area contributed by atoms with E-state index in [1.807, 2.05) is 0 Å². The van der Waals surface area contributed by atoms with Gasteiger partial charge in [-0.05, 0) is 52.4 Å². The molecule has 0 radical (unpaired) electrons. The Morgan fingerprint density at radius 3 is 2.75 bits per heavy atom. The summed E-state index contributed by atoms with van der Waals surface area (Å²) < 4.78 is 5.87. The number of carbonyl (C=O) groups is 1. The summed E-state index contributed by atoms with van der Waals surface area (Å²) >= 11 is 3.37. The molecule has 4 nitrogen and oxygen atoms in total. The highest BCUT2D eigenvalue weighted by Crippen LogP contribution is 2.24. The van der Waals surface area contributed by atoms with E-state index in [4.69, 9.17) is 9.84 Å². The molecule has 0 aliphatic carbocycles. The highest BCUT2D eigenvalue weighted by atomic mass is 79.9. The lowest BCUT2D eigenvalue weighted by molar-refractivity contribution is 0.0932. The maximum Gasteiger partial charge on any atom is 0.252 e. The number of halogens is 1. The van der Waals surface area contributed by atoms with Gasteiger partial charge in [-0.2, -0.15) is 0 Å². The van der Waals surface area contributed by atoms with Gasteiger partial charge in [-0.1, -0.05) is 13.8 Å². The molecule has 20 heavy (non-hydrogen) atoms. The fourth-order valence-electron chi connectivity index (χ4n) is 1.87. The minimum atomic E-state index is -0.132. The highest BCUT2D eigenvalue weighted by molar-refractivity contribution is 9.10. The molecule has 0 fully saturated rings. The van der Waals surface area contributed by atoms with E-state index >= 15 is 0 Å². The average Bonchev–Trinajstić information content (AvgIpc) is 2.43. The Bertz CT molecular complexity index is 460. The number of nitrogens with one attached hydrogen (secondary N) is 1. The van der Waals surface area contributed by atoms with Crippen LogP contribution in [0.25, 0.3) is 0 Å². The number of hydrogen-bond donors (Lipinski definition) is 2. The molecule has 1 aromatic rings. The second kappa shape index (κ2) is 7.64. The zero-order valence-corrected chi connectivity index (χ0v) is 13.8. The van der Waals surface area contributed by atoms with E-state index < -0.39 is 0 Å². The lowest BCUT2D eigenvalue weighted by Crippen LogP contribution is -2.34. The molecule has 5 heteroatoms. The molecular weight excluding hydrogens is 322 g/mol. The molecule has 1 aromatic carbocycles. The van der Waals surface area contributed by atoms with Crippen LogP contribution in [0.4, 0.5) is 0 Å². The Morgan fingerprint density at radius 2 is 2.15 bits per heavy atom. The number of rotatable bonds is 7. The van der Waals surface area contributed by atoms with Crippen LogP contribution in [-0.2, 0) is 0 Å². The van der Waals surface area contributed by atoms with Gasteiger partial charge in [-0.25, -0.2) is 0 Å². The average molecular weight is 344 g/mol. The molecule has 112 valence electrons. The monoisotopic (exact) mass is 343 g/mol. The van der Waals surface area contributed by atoms with Crippen molar-refractivity contribution in [2.24, 2.45) is 5.41 Å². The zero-order valence-electron chi connectivity index (χ0n) is 12.2. The van der Waals surface area contributed by atoms with Crippen molar-refractivity contribution in [2.75, 3.05) is 20.3 Å². The van der Waals surface area contributed by atoms with E-state index in [1.54, 1.807) is 25.3 Å². The predicted molar refractivity (Wildman–Crippen MR) is 83.1 cm³/mol. The zero-order chi connectivity index (χ0) is 15.2. The van der Waals surface area contributed by atoms with Crippen LogP contribution in [-0.4, -0.2) is 31.3 Å². The summed E-state index contributed by atoms with van der Waals surface area (Å²) in [4.78, 5) is 12.2. The summed E-state index contributed by atoms with van der Waals surface area (Å²) in [7, 11) is 1.57. The molecule has 0 heterocycles. The van der Waals surface area contributed by atoms with Crippen molar-refractivity contribution in [3.05, 3.63) is 28.2 Å². The van der Waals surface area contributed by atoms with Crippen LogP contribution in [0, 0.1) is 5.41 Å². The van der Waals surface area contributed by atoms with E-state index in [9.17, 15) is 4.79 Å². The van der Waals surface area contributed by atoms with Gasteiger partial charge >= 0.3 is 0 Å². The molecule has 1 amide bonds. The maximum atomic E-state index is 12.2. The molecule has 0 bridgehead atoms. The van der Waals surface area contributed by atoms with Gasteiger partial charge < -0.3 is 15.2 Å². The first-order valence-electron chi connectivity index (χ1n) is 6.62. The summed E-state index contributed by atoms with van der Waals surface area (Å²) in [6.45, 7) is 4.89. The van der Waals surface area contributed by atoms with Crippen LogP contribution in [0.15, 0.2) is 22.7 Å². The minimum absolute atomic E-state index is 0.0380. The molecule has 0 saturated carbocycles. The normalized spacial score (nSPS) is 11.2. The molecule has 2 N–H and O–H groups in total. The van der Waals surface area contributed by atoms with Gasteiger partial charge in [0.1, 0.15) is 5.75 Å². The third-order valence-electron chi connectivity index (χ3n) is 3.16. The molecule has 0 aliphatic heterocycles. The number of hydrogen-bond acceptors (Lipinski definition) is 3. The number of carbonyl (C=O) groups excluding carboxylic acids is 1. The van der Waals surface area contributed by atoms with Gasteiger partial charge in [-0.3, -0.25) is 4.79 Å². The first kappa shape index (κ1) is 17.0. The maximum absolute atomic E-state index is 12.2. The van der Waals surface area contributed by atoms with Crippen molar-refractivity contribution in [1.82, 2.24) is 5.32 Å². The lowest BCUT2D eigenvalue weighted by atomic mass is 9.88. The van der Waals surface area contributed by atoms with E-state index in [1.165, 1.54) is 0 Å². The van der Waals surface area contributed by atoms with E-state index in [0.717, 1.165) is 17.3 Å². The van der Waals surface area contributed by atoms with Crippen LogP contribution >= 0.6 is 15.9 Å². The van der Waals surface area contributed by atoms with Gasteiger partial charge in [0.15, 0.2) is 0 Å². The molecule has 0 aliphatic rings. The minimum Gasteiger partial charge on any atom is -0.497 e. The Morgan fingerprint density at radius 1 is 1.45 bits per heavy atom. The number of methoxy groups -OCH3 is 1. The Hall–Kier alpha value is -1.07. The van der Waals surface area contributed by atoms with Crippen LogP contribution in [0.5, 0.6) is 5.75 Å². The quantitative estimate of drug-likeness (QED) is 0.800. The molecule has 0 atom stereocenters. The number of benzene rings is 1. The molecule has 0 spiro atoms. The van der Waals surface area contributed by atoms with Crippen molar-refractivity contribution < 1.29 is 14.6 Å². The van der Waals surface area contributed by atoms with Gasteiger partial charge in [0.2, 0.25) is 0 Å². The van der Waals surface area contributed by atoms with E-state index in [0.29, 0.717) is 17.9 Å². The highest BCUT2D eigenvalue weighted by Gasteiger charge is 2.19. The first-order valence-corrected chi connectivity index (χ1v) is 7.41. The Labute approximate surface area is 128 Å². The van der Waals surface area contributed by atoms with Crippen molar-refractivity contribution in [1.29, 1.82) is 0 Å². The largest absolute Gasteiger partial charge is 0.497 e. The SMILES string of the molecule is COc1ccc(Br)c(C(=O)NCC(C)(C)CCCO)c1. The van der Waals surface area contributed by atoms with E-state index in [2.05, 4.69) is 35.1 Å². The second-order valence-electron chi connectivity index (χ2n) is 5.52. The van der Waals surface area contributed by atoms with Crippen LogP contribution in [0.2, 0.25) is 0 Å². The lowest BCUT2D eigenvalue weighted by Gasteiger charge is -2.24. The fraction of sp³-hybridized carbons (Fsp3) is 0.533. The molecule has 1 rings (SSSR count). The summed E-state index contributed by atoms with van der Waals surface area (Å²) in [5, 5.41) is 11.8. The smallest absolute Gasteiger partial charge is 0.252 e. The van der Waals surface area contributed by atoms with Gasteiger partial charge in [0.05, 0.1) is 12.7 Å². The second-order valence-corrected chi connectivity index (χ2v) is 6.37. The fourth-order valence-corrected chi connectivity index (χ4v) is 2.29. The van der Waals surface area contributed by atoms with Crippen LogP contribution in [0.3, 0.4) is 0 Å². The molecule has 0 aromatic heterocycles. The van der Waals surface area contributed by atoms with Crippen LogP contribution < -0.4 is 10.1 Å². The number of aliphatic hydroxyl groups excluding tert-OH is 1. The summed E-state index contributed by atoms with van der Waals surface area (Å²) in [6.07, 6.45) is 1.61. The number of amides is 1. The summed E-state index contributed by atoms with van der Waals surface area (Å²) in [6, 6.07) is 5.30. The van der Waals surface area contributed by atoms with Crippen molar-refractivity contribution in [3.8, 4) is 5.75 Å². The van der Waals surface area contributed by atoms with Gasteiger partial charge in [0, 0.05) is 17.6 Å². The standard InChI is InChI=1S/C15H22BrNO3/c1-15(2,7-4-8-18)10-17-14(19)12-9-11(20-3)5-6-13(12)16/h5-6,9,18H,4,7-8,10H2,1-3H3,(H,17,19). The van der Waals surface area contributed by atoms with Crippen LogP contribution in [0.1, 0.15) is 37.0 Å². The predicted octanol–water partition coefficient (Wildman–Crippen LogP) is 2.99. The molecular formula is C15H22BrNO3. The third kappa shape index (κ3) is 5.13. The summed E-state index contributed by atoms with van der Waals surface area (Å²) in [5.41, 5.74) is 0.520. The topological polar surface area (TPSA) is 58.6 Å². The third-order valence-corrected chi connectivity index (χ3v) is 3.85. The Kier molecular flexibility index (Phi) is 6.49. The van der Waals surface area contributed by atoms with Crippen molar-refractivity contribution in [3.63, 3.8) is 0 Å².